The summed E-state index contributed by atoms with van der Waals surface area (Å²) >= 11 is 6.14. The molecule has 3 rings (SSSR count). The quantitative estimate of drug-likeness (QED) is 0.690. The molecule has 1 aromatic carbocycles. The first-order chi connectivity index (χ1) is 10.2. The van der Waals surface area contributed by atoms with Gasteiger partial charge in [-0.2, -0.15) is 0 Å². The molecule has 2 aromatic rings. The lowest BCUT2D eigenvalue weighted by molar-refractivity contribution is 0.343. The summed E-state index contributed by atoms with van der Waals surface area (Å²) in [6.07, 6.45) is 5.19. The Balaban J connectivity index is 2.02. The second-order valence-corrected chi connectivity index (χ2v) is 6.32. The van der Waals surface area contributed by atoms with Gasteiger partial charge in [0.05, 0.1) is 18.0 Å². The Kier molecular flexibility index (Phi) is 4.12. The minimum Gasteiger partial charge on any atom is -0.492 e. The van der Waals surface area contributed by atoms with Gasteiger partial charge >= 0.3 is 0 Å². The van der Waals surface area contributed by atoms with Crippen LogP contribution in [0.2, 0.25) is 0 Å². The van der Waals surface area contributed by atoms with E-state index in [4.69, 9.17) is 21.3 Å². The molecule has 0 saturated heterocycles. The molecule has 114 valence electrons. The van der Waals surface area contributed by atoms with E-state index in [1.165, 1.54) is 25.7 Å². The number of hydrogen-bond donors (Lipinski definition) is 0. The lowest BCUT2D eigenvalue weighted by Crippen LogP contribution is -2.13. The van der Waals surface area contributed by atoms with E-state index in [1.54, 1.807) is 0 Å². The fraction of sp³-hybridized carbons (Fsp3) is 0.588. The molecule has 0 N–H and O–H groups in total. The van der Waals surface area contributed by atoms with E-state index < -0.39 is 0 Å². The first-order valence-corrected chi connectivity index (χ1v) is 8.43. The molecule has 0 bridgehead atoms. The molecule has 1 fully saturated rings. The summed E-state index contributed by atoms with van der Waals surface area (Å²) in [7, 11) is 0. The van der Waals surface area contributed by atoms with Crippen molar-refractivity contribution < 1.29 is 4.74 Å². The lowest BCUT2D eigenvalue weighted by Gasteiger charge is -2.17. The van der Waals surface area contributed by atoms with Crippen LogP contribution in [0.5, 0.6) is 5.75 Å². The van der Waals surface area contributed by atoms with Gasteiger partial charge in [0.1, 0.15) is 17.1 Å². The minimum atomic E-state index is 0.447. The van der Waals surface area contributed by atoms with Gasteiger partial charge in [-0.25, -0.2) is 4.98 Å². The number of halogens is 1. The van der Waals surface area contributed by atoms with Crippen LogP contribution in [0.25, 0.3) is 11.0 Å². The molecule has 1 saturated carbocycles. The highest BCUT2D eigenvalue weighted by Gasteiger charge is 2.42. The number of nitrogens with zero attached hydrogens (tertiary/aromatic N) is 2. The highest BCUT2D eigenvalue weighted by atomic mass is 35.5. The summed E-state index contributed by atoms with van der Waals surface area (Å²) in [4.78, 5) is 4.73. The highest BCUT2D eigenvalue weighted by Crippen LogP contribution is 2.51. The van der Waals surface area contributed by atoms with E-state index in [0.29, 0.717) is 17.9 Å². The van der Waals surface area contributed by atoms with E-state index >= 15 is 0 Å². The van der Waals surface area contributed by atoms with Crippen molar-refractivity contribution in [3.8, 4) is 5.75 Å². The molecule has 3 nitrogen and oxygen atoms in total. The van der Waals surface area contributed by atoms with E-state index in [2.05, 4.69) is 17.6 Å². The van der Waals surface area contributed by atoms with E-state index in [9.17, 15) is 0 Å². The number of imidazole rings is 1. The lowest BCUT2D eigenvalue weighted by atomic mass is 10.0. The molecular formula is C17H23ClN2O. The van der Waals surface area contributed by atoms with Crippen LogP contribution in [0.3, 0.4) is 0 Å². The predicted molar refractivity (Wildman–Crippen MR) is 87.0 cm³/mol. The fourth-order valence-corrected chi connectivity index (χ4v) is 3.45. The van der Waals surface area contributed by atoms with Crippen molar-refractivity contribution in [2.24, 2.45) is 5.41 Å². The highest BCUT2D eigenvalue weighted by molar-refractivity contribution is 6.16. The molecule has 1 aromatic heterocycles. The van der Waals surface area contributed by atoms with E-state index in [-0.39, 0.29) is 0 Å². The van der Waals surface area contributed by atoms with Crippen LogP contribution < -0.4 is 4.74 Å². The molecule has 1 aliphatic rings. The van der Waals surface area contributed by atoms with Gasteiger partial charge in [0.25, 0.3) is 0 Å². The van der Waals surface area contributed by atoms with Gasteiger partial charge < -0.3 is 9.30 Å². The van der Waals surface area contributed by atoms with Gasteiger partial charge in [-0.1, -0.05) is 19.4 Å². The average molecular weight is 307 g/mol. The summed E-state index contributed by atoms with van der Waals surface area (Å²) < 4.78 is 8.02. The molecular weight excluding hydrogens is 284 g/mol. The Hall–Kier alpha value is -1.22. The van der Waals surface area contributed by atoms with Gasteiger partial charge in [0.2, 0.25) is 0 Å². The van der Waals surface area contributed by atoms with Crippen molar-refractivity contribution in [2.75, 3.05) is 6.61 Å². The third-order valence-corrected chi connectivity index (χ3v) is 4.71. The number of alkyl halides is 1. The van der Waals surface area contributed by atoms with Crippen molar-refractivity contribution in [3.63, 3.8) is 0 Å². The monoisotopic (exact) mass is 306 g/mol. The summed E-state index contributed by atoms with van der Waals surface area (Å²) in [5, 5.41) is 0. The van der Waals surface area contributed by atoms with Crippen LogP contribution in [0.1, 0.15) is 45.4 Å². The first kappa shape index (κ1) is 14.7. The predicted octanol–water partition coefficient (Wildman–Crippen LogP) is 4.75. The largest absolute Gasteiger partial charge is 0.492 e. The van der Waals surface area contributed by atoms with Gasteiger partial charge in [0, 0.05) is 6.54 Å². The summed E-state index contributed by atoms with van der Waals surface area (Å²) in [6, 6.07) is 6.16. The Morgan fingerprint density at radius 3 is 2.76 bits per heavy atom. The Bertz CT molecular complexity index is 631. The molecule has 1 aliphatic carbocycles. The van der Waals surface area contributed by atoms with Gasteiger partial charge in [-0.05, 0) is 43.7 Å². The minimum absolute atomic E-state index is 0.447. The number of fused-ring (bicyclic) bond motifs is 1. The zero-order valence-corrected chi connectivity index (χ0v) is 13.6. The zero-order valence-electron chi connectivity index (χ0n) is 12.9. The molecule has 21 heavy (non-hydrogen) atoms. The number of aromatic nitrogens is 2. The fourth-order valence-electron chi connectivity index (χ4n) is 3.25. The van der Waals surface area contributed by atoms with Gasteiger partial charge in [-0.3, -0.25) is 0 Å². The second kappa shape index (κ2) is 5.88. The summed E-state index contributed by atoms with van der Waals surface area (Å²) in [5.41, 5.74) is 2.58. The third-order valence-electron chi connectivity index (χ3n) is 4.47. The van der Waals surface area contributed by atoms with Crippen LogP contribution in [0.15, 0.2) is 18.2 Å². The van der Waals surface area contributed by atoms with Crippen LogP contribution in [-0.2, 0) is 12.4 Å². The molecule has 4 heteroatoms. The number of para-hydroxylation sites is 1. The number of hydrogen-bond acceptors (Lipinski definition) is 2. The van der Waals surface area contributed by atoms with Crippen LogP contribution in [0, 0.1) is 5.41 Å². The smallest absolute Gasteiger partial charge is 0.147 e. The third kappa shape index (κ3) is 2.76. The van der Waals surface area contributed by atoms with Crippen molar-refractivity contribution in [1.82, 2.24) is 9.55 Å². The number of ether oxygens (including phenoxy) is 1. The van der Waals surface area contributed by atoms with Crippen molar-refractivity contribution in [2.45, 2.75) is 52.0 Å². The topological polar surface area (TPSA) is 27.1 Å². The van der Waals surface area contributed by atoms with Crippen LogP contribution in [-0.4, -0.2) is 16.2 Å². The van der Waals surface area contributed by atoms with E-state index in [0.717, 1.165) is 29.2 Å². The van der Waals surface area contributed by atoms with Crippen LogP contribution in [0.4, 0.5) is 0 Å². The maximum absolute atomic E-state index is 6.14. The normalized spacial score (nSPS) is 16.3. The van der Waals surface area contributed by atoms with Crippen LogP contribution >= 0.6 is 11.6 Å². The van der Waals surface area contributed by atoms with Gasteiger partial charge in [0.15, 0.2) is 0 Å². The SMILES string of the molecule is CCCC1(Cn2c(CCl)nc3c(OCC)cccc32)CC1. The summed E-state index contributed by atoms with van der Waals surface area (Å²) in [5.74, 6) is 2.27. The molecule has 0 amide bonds. The number of rotatable bonds is 7. The second-order valence-electron chi connectivity index (χ2n) is 6.05. The van der Waals surface area contributed by atoms with Crippen molar-refractivity contribution >= 4 is 22.6 Å². The molecule has 0 spiro atoms. The Labute approximate surface area is 131 Å². The molecule has 0 atom stereocenters. The Morgan fingerprint density at radius 1 is 1.33 bits per heavy atom. The average Bonchev–Trinajstić information content (AvgIpc) is 3.14. The standard InChI is InChI=1S/C17H23ClN2O/c1-3-8-17(9-10-17)12-20-13-6-5-7-14(21-4-2)16(13)19-15(20)11-18/h5-7H,3-4,8-12H2,1-2H3. The number of benzene rings is 1. The molecule has 0 unspecified atom stereocenters. The van der Waals surface area contributed by atoms with Gasteiger partial charge in [-0.15, -0.1) is 11.6 Å². The molecule has 0 aliphatic heterocycles. The van der Waals surface area contributed by atoms with Crippen molar-refractivity contribution in [1.29, 1.82) is 0 Å². The van der Waals surface area contributed by atoms with E-state index in [1.807, 2.05) is 19.1 Å². The maximum Gasteiger partial charge on any atom is 0.147 e. The van der Waals surface area contributed by atoms with Crippen molar-refractivity contribution in [3.05, 3.63) is 24.0 Å². The first-order valence-electron chi connectivity index (χ1n) is 7.90. The zero-order chi connectivity index (χ0) is 14.9. The molecule has 1 heterocycles. The summed E-state index contributed by atoms with van der Waals surface area (Å²) in [6.45, 7) is 5.96. The maximum atomic E-state index is 6.14. The Morgan fingerprint density at radius 2 is 2.14 bits per heavy atom. The molecule has 0 radical (unpaired) electrons.